The van der Waals surface area contributed by atoms with Crippen LogP contribution in [0.3, 0.4) is 0 Å². The molecule has 0 spiro atoms. The summed E-state index contributed by atoms with van der Waals surface area (Å²) in [5.41, 5.74) is 0. The maximum Gasteiger partial charge on any atom is 0.0659 e. The van der Waals surface area contributed by atoms with Crippen LogP contribution in [0.1, 0.15) is 6.92 Å². The molecule has 0 aliphatic rings. The molecule has 0 unspecified atom stereocenters. The van der Waals surface area contributed by atoms with Gasteiger partial charge in [-0.1, -0.05) is 48.2 Å². The van der Waals surface area contributed by atoms with Gasteiger partial charge in [0.1, 0.15) is 0 Å². The van der Waals surface area contributed by atoms with Gasteiger partial charge in [-0.05, 0) is 24.5 Å². The highest BCUT2D eigenvalue weighted by Gasteiger charge is 1.85. The van der Waals surface area contributed by atoms with Gasteiger partial charge in [0.2, 0.25) is 0 Å². The molecule has 1 rings (SSSR count). The fraction of sp³-hybridized carbons (Fsp3) is 0.231. The highest BCUT2D eigenvalue weighted by atomic mass is 32.2. The molecule has 1 aromatic rings. The van der Waals surface area contributed by atoms with Crippen LogP contribution in [0.15, 0.2) is 58.9 Å². The second-order valence-corrected chi connectivity index (χ2v) is 3.89. The maximum absolute atomic E-state index is 5.33. The Morgan fingerprint density at radius 2 is 1.87 bits per heavy atom. The minimum Gasteiger partial charge on any atom is -0.373 e. The van der Waals surface area contributed by atoms with E-state index < -0.39 is 0 Å². The Labute approximate surface area is 95.8 Å². The van der Waals surface area contributed by atoms with Crippen molar-refractivity contribution in [3.8, 4) is 0 Å². The van der Waals surface area contributed by atoms with Crippen LogP contribution in [0.5, 0.6) is 0 Å². The smallest absolute Gasteiger partial charge is 0.0659 e. The second kappa shape index (κ2) is 8.33. The van der Waals surface area contributed by atoms with Gasteiger partial charge in [0.25, 0.3) is 0 Å². The Bertz CT molecular complexity index is 304. The quantitative estimate of drug-likeness (QED) is 0.409. The van der Waals surface area contributed by atoms with Crippen molar-refractivity contribution in [2.24, 2.45) is 0 Å². The van der Waals surface area contributed by atoms with Crippen molar-refractivity contribution < 1.29 is 4.74 Å². The lowest BCUT2D eigenvalue weighted by molar-refractivity contribution is 0.194. The first kappa shape index (κ1) is 12.1. The molecular weight excluding hydrogens is 204 g/mol. The molecule has 0 saturated carbocycles. The first-order valence-corrected chi connectivity index (χ1v) is 5.87. The highest BCUT2D eigenvalue weighted by molar-refractivity contribution is 8.02. The Balaban J connectivity index is 2.12. The van der Waals surface area contributed by atoms with E-state index in [9.17, 15) is 0 Å². The van der Waals surface area contributed by atoms with E-state index in [0.717, 1.165) is 0 Å². The lowest BCUT2D eigenvalue weighted by Gasteiger charge is -1.95. The summed E-state index contributed by atoms with van der Waals surface area (Å²) in [5.74, 6) is 0. The largest absolute Gasteiger partial charge is 0.373 e. The van der Waals surface area contributed by atoms with Crippen molar-refractivity contribution in [2.75, 3.05) is 13.2 Å². The zero-order valence-corrected chi connectivity index (χ0v) is 9.74. The first-order chi connectivity index (χ1) is 7.43. The highest BCUT2D eigenvalue weighted by Crippen LogP contribution is 2.17. The summed E-state index contributed by atoms with van der Waals surface area (Å²) in [7, 11) is 0. The number of hydrogen-bond acceptors (Lipinski definition) is 2. The molecule has 2 heteroatoms. The lowest BCUT2D eigenvalue weighted by Crippen LogP contribution is -1.89. The van der Waals surface area contributed by atoms with E-state index in [1.165, 1.54) is 4.90 Å². The van der Waals surface area contributed by atoms with Crippen LogP contribution in [0.25, 0.3) is 0 Å². The van der Waals surface area contributed by atoms with Crippen molar-refractivity contribution >= 4 is 11.8 Å². The van der Waals surface area contributed by atoms with Crippen molar-refractivity contribution in [2.45, 2.75) is 11.8 Å². The third kappa shape index (κ3) is 6.15. The Kier molecular flexibility index (Phi) is 6.71. The Hall–Kier alpha value is -0.990. The summed E-state index contributed by atoms with van der Waals surface area (Å²) >= 11 is 1.71. The molecule has 1 nitrogen and oxygen atoms in total. The molecule has 0 aliphatic carbocycles. The Morgan fingerprint density at radius 1 is 1.13 bits per heavy atom. The molecular formula is C13H16OS. The number of hydrogen-bond donors (Lipinski definition) is 0. The van der Waals surface area contributed by atoms with Crippen LogP contribution in [-0.2, 0) is 4.74 Å². The van der Waals surface area contributed by atoms with Gasteiger partial charge in [0.05, 0.1) is 13.2 Å². The summed E-state index contributed by atoms with van der Waals surface area (Å²) in [6.45, 7) is 3.35. The predicted octanol–water partition coefficient (Wildman–Crippen LogP) is 3.89. The molecule has 0 fully saturated rings. The van der Waals surface area contributed by atoms with Crippen LogP contribution in [-0.4, -0.2) is 13.2 Å². The van der Waals surface area contributed by atoms with E-state index in [2.05, 4.69) is 17.5 Å². The minimum absolute atomic E-state index is 0.671. The number of allylic oxidation sites excluding steroid dienone is 1. The van der Waals surface area contributed by atoms with Gasteiger partial charge < -0.3 is 4.74 Å². The van der Waals surface area contributed by atoms with E-state index in [4.69, 9.17) is 4.74 Å². The van der Waals surface area contributed by atoms with E-state index in [1.807, 2.05) is 43.4 Å². The van der Waals surface area contributed by atoms with E-state index in [1.54, 1.807) is 11.8 Å². The van der Waals surface area contributed by atoms with Gasteiger partial charge in [0.15, 0.2) is 0 Å². The molecule has 0 heterocycles. The van der Waals surface area contributed by atoms with E-state index in [0.29, 0.717) is 13.2 Å². The summed E-state index contributed by atoms with van der Waals surface area (Å²) in [6.07, 6.45) is 6.02. The van der Waals surface area contributed by atoms with Crippen molar-refractivity contribution in [3.63, 3.8) is 0 Å². The molecule has 0 N–H and O–H groups in total. The molecule has 0 aliphatic heterocycles. The van der Waals surface area contributed by atoms with Crippen LogP contribution in [0, 0.1) is 0 Å². The van der Waals surface area contributed by atoms with Gasteiger partial charge in [0, 0.05) is 4.90 Å². The summed E-state index contributed by atoms with van der Waals surface area (Å²) in [5, 5.41) is 2.06. The molecule has 0 atom stereocenters. The van der Waals surface area contributed by atoms with Crippen LogP contribution in [0.4, 0.5) is 0 Å². The topological polar surface area (TPSA) is 9.23 Å². The number of thioether (sulfide) groups is 1. The molecule has 80 valence electrons. The van der Waals surface area contributed by atoms with Gasteiger partial charge in [-0.2, -0.15) is 0 Å². The zero-order valence-electron chi connectivity index (χ0n) is 8.93. The van der Waals surface area contributed by atoms with Crippen molar-refractivity contribution in [3.05, 3.63) is 54.0 Å². The van der Waals surface area contributed by atoms with Gasteiger partial charge in [-0.25, -0.2) is 0 Å². The molecule has 0 bridgehead atoms. The molecule has 15 heavy (non-hydrogen) atoms. The van der Waals surface area contributed by atoms with Crippen molar-refractivity contribution in [1.82, 2.24) is 0 Å². The van der Waals surface area contributed by atoms with E-state index in [-0.39, 0.29) is 0 Å². The second-order valence-electron chi connectivity index (χ2n) is 2.91. The molecule has 0 radical (unpaired) electrons. The van der Waals surface area contributed by atoms with Gasteiger partial charge in [-0.15, -0.1) is 0 Å². The number of rotatable bonds is 6. The summed E-state index contributed by atoms with van der Waals surface area (Å²) in [6, 6.07) is 10.3. The van der Waals surface area contributed by atoms with Gasteiger partial charge >= 0.3 is 0 Å². The van der Waals surface area contributed by atoms with Crippen LogP contribution < -0.4 is 0 Å². The minimum atomic E-state index is 0.671. The first-order valence-electron chi connectivity index (χ1n) is 4.99. The Morgan fingerprint density at radius 3 is 2.60 bits per heavy atom. The predicted molar refractivity (Wildman–Crippen MR) is 67.1 cm³/mol. The van der Waals surface area contributed by atoms with Crippen LogP contribution >= 0.6 is 11.8 Å². The molecule has 0 saturated heterocycles. The summed E-state index contributed by atoms with van der Waals surface area (Å²) < 4.78 is 5.33. The van der Waals surface area contributed by atoms with Crippen LogP contribution in [0.2, 0.25) is 0 Å². The average molecular weight is 220 g/mol. The SMILES string of the molecule is C/C=C/COC/C=C/Sc1ccccc1. The fourth-order valence-corrected chi connectivity index (χ4v) is 1.61. The molecule has 1 aromatic carbocycles. The monoisotopic (exact) mass is 220 g/mol. The van der Waals surface area contributed by atoms with Gasteiger partial charge in [-0.3, -0.25) is 0 Å². The third-order valence-electron chi connectivity index (χ3n) is 1.71. The fourth-order valence-electron chi connectivity index (χ4n) is 0.965. The van der Waals surface area contributed by atoms with Crippen molar-refractivity contribution in [1.29, 1.82) is 0 Å². The summed E-state index contributed by atoms with van der Waals surface area (Å²) in [4.78, 5) is 1.25. The van der Waals surface area contributed by atoms with E-state index >= 15 is 0 Å². The number of ether oxygens (including phenoxy) is 1. The number of benzene rings is 1. The lowest BCUT2D eigenvalue weighted by atomic mass is 10.4. The standard InChI is InChI=1S/C13H16OS/c1-2-3-10-14-11-7-12-15-13-8-5-4-6-9-13/h2-9,12H,10-11H2,1H3/b3-2+,12-7+. The third-order valence-corrected chi connectivity index (χ3v) is 2.58. The zero-order chi connectivity index (χ0) is 10.8. The normalized spacial score (nSPS) is 11.5. The average Bonchev–Trinajstić information content (AvgIpc) is 2.29. The molecule has 0 aromatic heterocycles. The molecule has 0 amide bonds. The maximum atomic E-state index is 5.33.